The minimum Gasteiger partial charge on any atom is -0.457 e. The highest BCUT2D eigenvalue weighted by Gasteiger charge is 2.25. The molecule has 1 fully saturated rings. The van der Waals surface area contributed by atoms with Crippen LogP contribution in [-0.4, -0.2) is 37.3 Å². The summed E-state index contributed by atoms with van der Waals surface area (Å²) in [6.07, 6.45) is -0.973. The zero-order chi connectivity index (χ0) is 15.1. The van der Waals surface area contributed by atoms with E-state index in [4.69, 9.17) is 25.8 Å². The molecule has 0 spiro atoms. The first-order valence-corrected chi connectivity index (χ1v) is 6.83. The lowest BCUT2D eigenvalue weighted by atomic mass is 10.2. The normalized spacial score (nSPS) is 21.6. The van der Waals surface area contributed by atoms with Crippen LogP contribution in [0, 0.1) is 0 Å². The van der Waals surface area contributed by atoms with Crippen LogP contribution < -0.4 is 0 Å². The Balaban J connectivity index is 1.69. The van der Waals surface area contributed by atoms with E-state index < -0.39 is 23.8 Å². The molecule has 1 aromatic rings. The predicted octanol–water partition coefficient (Wildman–Crippen LogP) is 2.41. The van der Waals surface area contributed by atoms with Crippen molar-refractivity contribution in [1.29, 1.82) is 0 Å². The number of benzene rings is 1. The van der Waals surface area contributed by atoms with Crippen molar-refractivity contribution in [1.82, 2.24) is 0 Å². The average Bonchev–Trinajstić information content (AvgIpc) is 2.48. The number of carbonyl (C=O) groups is 2. The molecule has 0 unspecified atom stereocenters. The van der Waals surface area contributed by atoms with Crippen molar-refractivity contribution in [3.63, 3.8) is 0 Å². The molecule has 0 amide bonds. The number of halogens is 1. The standard InChI is InChI=1S/C14H15ClO6/c15-14(17)18-7-6-12(16)21-11-8-19-13(20-9-11)10-4-2-1-3-5-10/h1-5,11,13H,6-9H2. The fourth-order valence-corrected chi connectivity index (χ4v) is 1.89. The molecular formula is C14H15ClO6. The third-order valence-corrected chi connectivity index (χ3v) is 2.87. The Morgan fingerprint density at radius 2 is 1.86 bits per heavy atom. The number of rotatable bonds is 5. The summed E-state index contributed by atoms with van der Waals surface area (Å²) in [7, 11) is 0. The van der Waals surface area contributed by atoms with E-state index in [9.17, 15) is 9.59 Å². The molecule has 0 aliphatic carbocycles. The van der Waals surface area contributed by atoms with Crippen LogP contribution in [-0.2, 0) is 23.7 Å². The van der Waals surface area contributed by atoms with Crippen molar-refractivity contribution in [2.24, 2.45) is 0 Å². The van der Waals surface area contributed by atoms with Crippen molar-refractivity contribution >= 4 is 23.0 Å². The second kappa shape index (κ2) is 7.97. The summed E-state index contributed by atoms with van der Waals surface area (Å²) in [5.74, 6) is -0.497. The fraction of sp³-hybridized carbons (Fsp3) is 0.429. The lowest BCUT2D eigenvalue weighted by Crippen LogP contribution is -2.35. The first-order valence-electron chi connectivity index (χ1n) is 6.45. The highest BCUT2D eigenvalue weighted by Crippen LogP contribution is 2.23. The molecule has 7 heteroatoms. The van der Waals surface area contributed by atoms with Gasteiger partial charge in [0.1, 0.15) is 12.7 Å². The molecule has 0 N–H and O–H groups in total. The summed E-state index contributed by atoms with van der Waals surface area (Å²) in [4.78, 5) is 21.8. The Morgan fingerprint density at radius 3 is 2.48 bits per heavy atom. The number of ether oxygens (including phenoxy) is 4. The molecule has 1 aromatic carbocycles. The van der Waals surface area contributed by atoms with Gasteiger partial charge in [-0.2, -0.15) is 0 Å². The van der Waals surface area contributed by atoms with Crippen LogP contribution in [0.2, 0.25) is 0 Å². The van der Waals surface area contributed by atoms with Crippen molar-refractivity contribution < 1.29 is 28.5 Å². The molecule has 21 heavy (non-hydrogen) atoms. The summed E-state index contributed by atoms with van der Waals surface area (Å²) in [6, 6.07) is 9.50. The quantitative estimate of drug-likeness (QED) is 0.614. The van der Waals surface area contributed by atoms with Gasteiger partial charge in [0, 0.05) is 17.2 Å². The van der Waals surface area contributed by atoms with E-state index in [2.05, 4.69) is 4.74 Å². The molecule has 0 saturated carbocycles. The number of esters is 1. The Hall–Kier alpha value is -1.63. The van der Waals surface area contributed by atoms with Gasteiger partial charge in [-0.1, -0.05) is 30.3 Å². The van der Waals surface area contributed by atoms with Gasteiger partial charge >= 0.3 is 11.4 Å². The van der Waals surface area contributed by atoms with Gasteiger partial charge in [0.05, 0.1) is 19.6 Å². The molecule has 1 heterocycles. The smallest absolute Gasteiger partial charge is 0.403 e. The Bertz CT molecular complexity index is 470. The molecule has 1 aliphatic rings. The Labute approximate surface area is 126 Å². The zero-order valence-electron chi connectivity index (χ0n) is 11.2. The minimum atomic E-state index is -0.946. The second-order valence-corrected chi connectivity index (χ2v) is 4.67. The van der Waals surface area contributed by atoms with Gasteiger partial charge in [0.25, 0.3) is 0 Å². The van der Waals surface area contributed by atoms with Gasteiger partial charge in [0.15, 0.2) is 6.29 Å². The van der Waals surface area contributed by atoms with Crippen LogP contribution in [0.4, 0.5) is 4.79 Å². The van der Waals surface area contributed by atoms with Crippen molar-refractivity contribution in [2.75, 3.05) is 19.8 Å². The van der Waals surface area contributed by atoms with Crippen LogP contribution in [0.5, 0.6) is 0 Å². The second-order valence-electron chi connectivity index (χ2n) is 4.36. The monoisotopic (exact) mass is 314 g/mol. The fourth-order valence-electron chi connectivity index (χ4n) is 1.82. The third-order valence-electron chi connectivity index (χ3n) is 2.76. The molecule has 0 bridgehead atoms. The van der Waals surface area contributed by atoms with E-state index in [1.165, 1.54) is 0 Å². The zero-order valence-corrected chi connectivity index (χ0v) is 12.0. The van der Waals surface area contributed by atoms with Crippen LogP contribution in [0.25, 0.3) is 0 Å². The van der Waals surface area contributed by atoms with Crippen LogP contribution in [0.1, 0.15) is 18.3 Å². The molecule has 0 radical (unpaired) electrons. The maximum atomic E-state index is 11.5. The maximum absolute atomic E-state index is 11.5. The predicted molar refractivity (Wildman–Crippen MR) is 72.8 cm³/mol. The van der Waals surface area contributed by atoms with Gasteiger partial charge in [-0.05, 0) is 0 Å². The average molecular weight is 315 g/mol. The van der Waals surface area contributed by atoms with Gasteiger partial charge in [0.2, 0.25) is 0 Å². The molecule has 1 saturated heterocycles. The van der Waals surface area contributed by atoms with Crippen molar-refractivity contribution in [3.8, 4) is 0 Å². The molecule has 0 aromatic heterocycles. The largest absolute Gasteiger partial charge is 0.457 e. The maximum Gasteiger partial charge on any atom is 0.403 e. The number of hydrogen-bond acceptors (Lipinski definition) is 6. The first kappa shape index (κ1) is 15.8. The Morgan fingerprint density at radius 1 is 1.19 bits per heavy atom. The van der Waals surface area contributed by atoms with Gasteiger partial charge in [-0.25, -0.2) is 4.79 Å². The van der Waals surface area contributed by atoms with E-state index in [1.54, 1.807) is 0 Å². The van der Waals surface area contributed by atoms with Crippen LogP contribution in [0.15, 0.2) is 30.3 Å². The summed E-state index contributed by atoms with van der Waals surface area (Å²) in [5, 5.41) is 0. The summed E-state index contributed by atoms with van der Waals surface area (Å²) in [6.45, 7) is 0.392. The van der Waals surface area contributed by atoms with Crippen LogP contribution in [0.3, 0.4) is 0 Å². The van der Waals surface area contributed by atoms with Crippen molar-refractivity contribution in [2.45, 2.75) is 18.8 Å². The number of hydrogen-bond donors (Lipinski definition) is 0. The van der Waals surface area contributed by atoms with E-state index in [1.807, 2.05) is 30.3 Å². The Kier molecular flexibility index (Phi) is 5.98. The van der Waals surface area contributed by atoms with Crippen molar-refractivity contribution in [3.05, 3.63) is 35.9 Å². The third kappa shape index (κ3) is 5.34. The topological polar surface area (TPSA) is 71.1 Å². The summed E-state index contributed by atoms with van der Waals surface area (Å²) < 4.78 is 20.6. The lowest BCUT2D eigenvalue weighted by molar-refractivity contribution is -0.229. The molecule has 1 aliphatic heterocycles. The highest BCUT2D eigenvalue weighted by atomic mass is 35.5. The van der Waals surface area contributed by atoms with Gasteiger partial charge < -0.3 is 18.9 Å². The molecule has 0 atom stereocenters. The first-order chi connectivity index (χ1) is 10.1. The lowest BCUT2D eigenvalue weighted by Gasteiger charge is -2.29. The molecule has 114 valence electrons. The highest BCUT2D eigenvalue weighted by molar-refractivity contribution is 6.61. The van der Waals surface area contributed by atoms with E-state index in [0.29, 0.717) is 0 Å². The molecule has 2 rings (SSSR count). The molecule has 6 nitrogen and oxygen atoms in total. The van der Waals surface area contributed by atoms with E-state index in [0.717, 1.165) is 5.56 Å². The van der Waals surface area contributed by atoms with E-state index in [-0.39, 0.29) is 26.2 Å². The van der Waals surface area contributed by atoms with E-state index >= 15 is 0 Å². The van der Waals surface area contributed by atoms with Gasteiger partial charge in [-0.3, -0.25) is 4.79 Å². The molecular weight excluding hydrogens is 300 g/mol. The number of carbonyl (C=O) groups excluding carboxylic acids is 2. The minimum absolute atomic E-state index is 0.0585. The summed E-state index contributed by atoms with van der Waals surface area (Å²) in [5.41, 5.74) is -0.0332. The van der Waals surface area contributed by atoms with Gasteiger partial charge in [-0.15, -0.1) is 0 Å². The van der Waals surface area contributed by atoms with Crippen LogP contribution >= 0.6 is 11.6 Å². The SMILES string of the molecule is O=C(Cl)OCCC(=O)OC1COC(c2ccccc2)OC1. The summed E-state index contributed by atoms with van der Waals surface area (Å²) >= 11 is 4.97.